The molecule has 0 amide bonds. The molecule has 0 fully saturated rings. The molecule has 2 unspecified atom stereocenters. The number of sulfone groups is 1. The van der Waals surface area contributed by atoms with E-state index in [-0.39, 0.29) is 28.8 Å². The number of halogens is 1. The maximum absolute atomic E-state index is 15.3. The maximum atomic E-state index is 15.3. The van der Waals surface area contributed by atoms with Gasteiger partial charge in [-0.15, -0.1) is 0 Å². The zero-order valence-corrected chi connectivity index (χ0v) is 23.6. The Morgan fingerprint density at radius 1 is 1.12 bits per heavy atom. The van der Waals surface area contributed by atoms with Crippen molar-refractivity contribution in [2.24, 2.45) is 0 Å². The zero-order valence-electron chi connectivity index (χ0n) is 22.8. The van der Waals surface area contributed by atoms with Crippen molar-refractivity contribution < 1.29 is 36.9 Å². The van der Waals surface area contributed by atoms with Crippen LogP contribution in [-0.2, 0) is 25.8 Å². The number of methoxy groups -OCH3 is 1. The molecule has 0 radical (unpaired) electrons. The lowest BCUT2D eigenvalue weighted by atomic mass is 9.90. The van der Waals surface area contributed by atoms with Crippen LogP contribution in [0.5, 0.6) is 11.5 Å². The maximum Gasteiger partial charge on any atom is 0.304 e. The van der Waals surface area contributed by atoms with Crippen LogP contribution in [0.25, 0.3) is 11.1 Å². The number of hydrogen-bond acceptors (Lipinski definition) is 6. The van der Waals surface area contributed by atoms with Gasteiger partial charge in [0.05, 0.1) is 23.7 Å². The molecular weight excluding hydrogens is 535 g/mol. The number of ether oxygens (including phenoxy) is 3. The van der Waals surface area contributed by atoms with Crippen LogP contribution < -0.4 is 9.47 Å². The third-order valence-corrected chi connectivity index (χ3v) is 9.52. The molecule has 40 heavy (non-hydrogen) atoms. The summed E-state index contributed by atoms with van der Waals surface area (Å²) >= 11 is 0. The molecule has 7 nitrogen and oxygen atoms in total. The van der Waals surface area contributed by atoms with Gasteiger partial charge in [-0.05, 0) is 85.2 Å². The van der Waals surface area contributed by atoms with Crippen molar-refractivity contribution in [3.63, 3.8) is 0 Å². The molecule has 3 aromatic rings. The number of carbonyl (C=O) groups is 1. The largest absolute Gasteiger partial charge is 0.492 e. The van der Waals surface area contributed by atoms with Gasteiger partial charge >= 0.3 is 5.97 Å². The van der Waals surface area contributed by atoms with E-state index in [9.17, 15) is 13.2 Å². The summed E-state index contributed by atoms with van der Waals surface area (Å²) in [6.45, 7) is 4.46. The highest BCUT2D eigenvalue weighted by Gasteiger charge is 2.32. The first kappa shape index (κ1) is 28.1. The van der Waals surface area contributed by atoms with Crippen LogP contribution in [0.2, 0.25) is 0 Å². The van der Waals surface area contributed by atoms with Crippen LogP contribution in [0, 0.1) is 19.7 Å². The number of carboxylic acid groups (broad SMARTS) is 1. The predicted octanol–water partition coefficient (Wildman–Crippen LogP) is 5.94. The highest BCUT2D eigenvalue weighted by atomic mass is 32.2. The average Bonchev–Trinajstić information content (AvgIpc) is 3.49. The van der Waals surface area contributed by atoms with Gasteiger partial charge in [-0.3, -0.25) is 4.79 Å². The average molecular weight is 569 g/mol. The third kappa shape index (κ3) is 5.45. The minimum absolute atomic E-state index is 0.00322. The van der Waals surface area contributed by atoms with Gasteiger partial charge < -0.3 is 19.3 Å². The van der Waals surface area contributed by atoms with E-state index < -0.39 is 21.9 Å². The van der Waals surface area contributed by atoms with Crippen molar-refractivity contribution in [1.29, 1.82) is 0 Å². The monoisotopic (exact) mass is 568 g/mol. The lowest BCUT2D eigenvalue weighted by molar-refractivity contribution is -0.137. The van der Waals surface area contributed by atoms with Gasteiger partial charge in [0, 0.05) is 36.8 Å². The highest BCUT2D eigenvalue weighted by molar-refractivity contribution is 7.91. The second-order valence-corrected chi connectivity index (χ2v) is 12.6. The molecule has 3 aromatic carbocycles. The molecule has 0 spiro atoms. The van der Waals surface area contributed by atoms with Gasteiger partial charge in [0.25, 0.3) is 0 Å². The van der Waals surface area contributed by atoms with Gasteiger partial charge in [0.15, 0.2) is 9.84 Å². The lowest BCUT2D eigenvalue weighted by Crippen LogP contribution is -2.10. The Morgan fingerprint density at radius 3 is 2.58 bits per heavy atom. The Balaban J connectivity index is 1.43. The molecule has 0 aromatic heterocycles. The van der Waals surface area contributed by atoms with E-state index in [1.54, 1.807) is 37.4 Å². The number of fused-ring (bicyclic) bond motifs is 2. The second kappa shape index (κ2) is 11.2. The van der Waals surface area contributed by atoms with Crippen LogP contribution in [0.1, 0.15) is 59.1 Å². The highest BCUT2D eigenvalue weighted by Crippen LogP contribution is 2.45. The fourth-order valence-corrected chi connectivity index (χ4v) is 7.39. The summed E-state index contributed by atoms with van der Waals surface area (Å²) in [5.41, 5.74) is 5.64. The Labute approximate surface area is 233 Å². The van der Waals surface area contributed by atoms with E-state index in [0.717, 1.165) is 33.4 Å². The van der Waals surface area contributed by atoms with E-state index in [1.165, 1.54) is 6.07 Å². The minimum Gasteiger partial charge on any atom is -0.492 e. The molecule has 1 heterocycles. The number of hydrogen-bond donors (Lipinski definition) is 1. The van der Waals surface area contributed by atoms with Gasteiger partial charge in [0.2, 0.25) is 0 Å². The summed E-state index contributed by atoms with van der Waals surface area (Å²) in [7, 11) is -1.90. The molecule has 1 aliphatic heterocycles. The molecule has 1 aliphatic carbocycles. The molecular formula is C31H33FO7S. The number of rotatable bonds is 10. The first-order chi connectivity index (χ1) is 19.1. The predicted molar refractivity (Wildman–Crippen MR) is 148 cm³/mol. The van der Waals surface area contributed by atoms with E-state index in [1.807, 2.05) is 19.9 Å². The normalized spacial score (nSPS) is 17.8. The van der Waals surface area contributed by atoms with Crippen LogP contribution in [-0.4, -0.2) is 45.6 Å². The molecule has 1 N–H and O–H groups in total. The topological polar surface area (TPSA) is 99.1 Å². The standard InChI is InChI=1S/C31H33FO7S/c1-18-13-22(40(35,36)12-4-11-37-3)14-19(2)30(18)24-7-9-26(32)31-25(24)8-10-27(31)39-21-5-6-23-20(15-29(33)34)17-38-28(23)16-21/h5-7,9,13-14,16,20,27H,4,8,10-12,15,17H2,1-3H3,(H,33,34). The molecule has 0 saturated carbocycles. The minimum atomic E-state index is -3.45. The Kier molecular flexibility index (Phi) is 7.88. The molecule has 2 aliphatic rings. The third-order valence-electron chi connectivity index (χ3n) is 7.74. The molecule has 5 rings (SSSR count). The van der Waals surface area contributed by atoms with Crippen molar-refractivity contribution in [3.05, 3.63) is 76.1 Å². The molecule has 2 atom stereocenters. The number of benzene rings is 3. The summed E-state index contributed by atoms with van der Waals surface area (Å²) in [5, 5.41) is 9.14. The van der Waals surface area contributed by atoms with Gasteiger partial charge in [-0.25, -0.2) is 12.8 Å². The van der Waals surface area contributed by atoms with E-state index in [0.29, 0.717) is 49.5 Å². The Hall–Kier alpha value is -3.43. The Bertz CT molecular complexity index is 1540. The smallest absolute Gasteiger partial charge is 0.304 e. The van der Waals surface area contributed by atoms with Crippen LogP contribution in [0.3, 0.4) is 0 Å². The van der Waals surface area contributed by atoms with Crippen molar-refractivity contribution in [2.45, 2.75) is 56.4 Å². The molecule has 212 valence electrons. The summed E-state index contributed by atoms with van der Waals surface area (Å²) in [5.74, 6) is -0.274. The fraction of sp³-hybridized carbons (Fsp3) is 0.387. The van der Waals surface area contributed by atoms with E-state index >= 15 is 4.39 Å². The van der Waals surface area contributed by atoms with Gasteiger partial charge in [-0.2, -0.15) is 0 Å². The SMILES string of the molecule is COCCCS(=O)(=O)c1cc(C)c(-c2ccc(F)c3c2CCC3Oc2ccc3c(c2)OCC3CC(=O)O)c(C)c1. The summed E-state index contributed by atoms with van der Waals surface area (Å²) in [6.07, 6.45) is 1.13. The Morgan fingerprint density at radius 2 is 1.88 bits per heavy atom. The van der Waals surface area contributed by atoms with Crippen molar-refractivity contribution in [2.75, 3.05) is 26.1 Å². The number of carboxylic acids is 1. The summed E-state index contributed by atoms with van der Waals surface area (Å²) in [4.78, 5) is 11.4. The van der Waals surface area contributed by atoms with Crippen LogP contribution >= 0.6 is 0 Å². The van der Waals surface area contributed by atoms with Crippen LogP contribution in [0.4, 0.5) is 4.39 Å². The molecule has 0 bridgehead atoms. The van der Waals surface area contributed by atoms with Crippen molar-refractivity contribution in [1.82, 2.24) is 0 Å². The van der Waals surface area contributed by atoms with Gasteiger partial charge in [-0.1, -0.05) is 12.1 Å². The first-order valence-electron chi connectivity index (χ1n) is 13.4. The number of aliphatic carboxylic acids is 1. The summed E-state index contributed by atoms with van der Waals surface area (Å²) in [6, 6.07) is 12.0. The quantitative estimate of drug-likeness (QED) is 0.302. The van der Waals surface area contributed by atoms with Gasteiger partial charge in [0.1, 0.15) is 23.4 Å². The van der Waals surface area contributed by atoms with Crippen LogP contribution in [0.15, 0.2) is 47.4 Å². The van der Waals surface area contributed by atoms with E-state index in [4.69, 9.17) is 19.3 Å². The fourth-order valence-electron chi connectivity index (χ4n) is 5.94. The molecule has 0 saturated heterocycles. The van der Waals surface area contributed by atoms with Crippen molar-refractivity contribution >= 4 is 15.8 Å². The van der Waals surface area contributed by atoms with E-state index in [2.05, 4.69) is 0 Å². The number of aryl methyl sites for hydroxylation is 2. The zero-order chi connectivity index (χ0) is 28.6. The molecule has 9 heteroatoms. The summed E-state index contributed by atoms with van der Waals surface area (Å²) < 4.78 is 58.0. The first-order valence-corrected chi connectivity index (χ1v) is 15.0. The second-order valence-electron chi connectivity index (χ2n) is 10.5. The van der Waals surface area contributed by atoms with Crippen molar-refractivity contribution in [3.8, 4) is 22.6 Å². The lowest BCUT2D eigenvalue weighted by Gasteiger charge is -2.19.